The van der Waals surface area contributed by atoms with Crippen molar-refractivity contribution < 1.29 is 5.03 Å². The molecule has 1 heterocycles. The number of rotatable bonds is 1. The van der Waals surface area contributed by atoms with Crippen LogP contribution in [0.2, 0.25) is 0 Å². The molecule has 1 radical (unpaired) electrons. The first kappa shape index (κ1) is 6.73. The molecule has 0 fully saturated rings. The van der Waals surface area contributed by atoms with Crippen molar-refractivity contribution in [3.63, 3.8) is 0 Å². The zero-order valence-corrected chi connectivity index (χ0v) is 5.23. The standard InChI is InChI=1S/C5H6N3O2/c1-5-6-3-2-4-7(5)8(9)10/h2-3H,1,4H2. The highest BCUT2D eigenvalue weighted by Crippen LogP contribution is 1.98. The largest absolute Gasteiger partial charge is 0.238 e. The number of hydrogen-bond acceptors (Lipinski definition) is 3. The number of aliphatic imine (C=N–C) groups is 1. The minimum atomic E-state index is -0.532. The molecule has 5 nitrogen and oxygen atoms in total. The van der Waals surface area contributed by atoms with E-state index < -0.39 is 5.03 Å². The lowest BCUT2D eigenvalue weighted by Gasteiger charge is -2.12. The van der Waals surface area contributed by atoms with Gasteiger partial charge in [0.15, 0.2) is 10.9 Å². The Balaban J connectivity index is 2.73. The second-order valence-corrected chi connectivity index (χ2v) is 1.75. The van der Waals surface area contributed by atoms with Crippen LogP contribution in [0.15, 0.2) is 17.3 Å². The monoisotopic (exact) mass is 140 g/mol. The minimum absolute atomic E-state index is 0.174. The lowest BCUT2D eigenvalue weighted by atomic mass is 10.5. The molecule has 0 saturated carbocycles. The summed E-state index contributed by atoms with van der Waals surface area (Å²) >= 11 is 0. The smallest absolute Gasteiger partial charge is 0.170 e. The summed E-state index contributed by atoms with van der Waals surface area (Å²) < 4.78 is 0. The minimum Gasteiger partial charge on any atom is -0.238 e. The first-order valence-electron chi connectivity index (χ1n) is 2.68. The van der Waals surface area contributed by atoms with E-state index in [0.29, 0.717) is 0 Å². The molecule has 0 aliphatic carbocycles. The molecule has 0 N–H and O–H groups in total. The Morgan fingerprint density at radius 2 is 2.60 bits per heavy atom. The highest BCUT2D eigenvalue weighted by atomic mass is 16.7. The molecular formula is C5H6N3O2. The van der Waals surface area contributed by atoms with Crippen LogP contribution in [0, 0.1) is 17.0 Å². The first-order chi connectivity index (χ1) is 4.72. The van der Waals surface area contributed by atoms with Gasteiger partial charge in [0.25, 0.3) is 0 Å². The summed E-state index contributed by atoms with van der Waals surface area (Å²) in [6.07, 6.45) is 3.10. The maximum Gasteiger partial charge on any atom is 0.170 e. The lowest BCUT2D eigenvalue weighted by Crippen LogP contribution is -2.35. The second-order valence-electron chi connectivity index (χ2n) is 1.75. The molecule has 0 bridgehead atoms. The van der Waals surface area contributed by atoms with E-state index in [0.717, 1.165) is 5.01 Å². The maximum absolute atomic E-state index is 10.1. The van der Waals surface area contributed by atoms with Crippen molar-refractivity contribution in [2.75, 3.05) is 6.54 Å². The molecule has 53 valence electrons. The van der Waals surface area contributed by atoms with E-state index in [-0.39, 0.29) is 12.4 Å². The molecule has 1 aliphatic rings. The first-order valence-corrected chi connectivity index (χ1v) is 2.68. The average molecular weight is 140 g/mol. The van der Waals surface area contributed by atoms with Gasteiger partial charge in [-0.2, -0.15) is 0 Å². The van der Waals surface area contributed by atoms with Crippen molar-refractivity contribution in [3.8, 4) is 0 Å². The fourth-order valence-electron chi connectivity index (χ4n) is 0.619. The summed E-state index contributed by atoms with van der Waals surface area (Å²) in [5, 5.41) is 10.5. The van der Waals surface area contributed by atoms with E-state index in [2.05, 4.69) is 11.9 Å². The van der Waals surface area contributed by atoms with Gasteiger partial charge in [0, 0.05) is 13.1 Å². The van der Waals surface area contributed by atoms with Crippen molar-refractivity contribution >= 4 is 5.84 Å². The van der Waals surface area contributed by atoms with Gasteiger partial charge in [0.2, 0.25) is 0 Å². The van der Waals surface area contributed by atoms with Crippen LogP contribution >= 0.6 is 0 Å². The van der Waals surface area contributed by atoms with Gasteiger partial charge in [-0.1, -0.05) is 5.01 Å². The van der Waals surface area contributed by atoms with Crippen LogP contribution in [-0.2, 0) is 0 Å². The number of hydrazine groups is 1. The third-order valence-corrected chi connectivity index (χ3v) is 1.10. The Morgan fingerprint density at radius 1 is 1.90 bits per heavy atom. The fraction of sp³-hybridized carbons (Fsp3) is 0.200. The van der Waals surface area contributed by atoms with Crippen molar-refractivity contribution in [1.82, 2.24) is 5.01 Å². The molecule has 0 aromatic carbocycles. The summed E-state index contributed by atoms with van der Waals surface area (Å²) in [5.74, 6) is 0.174. The van der Waals surface area contributed by atoms with E-state index in [1.807, 2.05) is 0 Å². The van der Waals surface area contributed by atoms with Gasteiger partial charge in [0.1, 0.15) is 6.54 Å². The van der Waals surface area contributed by atoms with E-state index in [9.17, 15) is 10.1 Å². The quantitative estimate of drug-likeness (QED) is 0.387. The third kappa shape index (κ3) is 1.12. The molecule has 0 aromatic rings. The molecule has 5 heteroatoms. The molecule has 0 amide bonds. The molecule has 10 heavy (non-hydrogen) atoms. The lowest BCUT2D eigenvalue weighted by molar-refractivity contribution is -0.627. The molecule has 0 unspecified atom stereocenters. The van der Waals surface area contributed by atoms with Crippen molar-refractivity contribution in [2.24, 2.45) is 4.99 Å². The Morgan fingerprint density at radius 3 is 3.00 bits per heavy atom. The van der Waals surface area contributed by atoms with Gasteiger partial charge in [-0.05, 0) is 6.08 Å². The van der Waals surface area contributed by atoms with Gasteiger partial charge < -0.3 is 0 Å². The topological polar surface area (TPSA) is 58.7 Å². The van der Waals surface area contributed by atoms with E-state index in [1.54, 1.807) is 6.08 Å². The van der Waals surface area contributed by atoms with Crippen molar-refractivity contribution in [1.29, 1.82) is 0 Å². The van der Waals surface area contributed by atoms with Crippen molar-refractivity contribution in [3.05, 3.63) is 29.3 Å². The zero-order chi connectivity index (χ0) is 7.56. The summed E-state index contributed by atoms with van der Waals surface area (Å²) in [6, 6.07) is 0. The molecule has 0 aromatic heterocycles. The summed E-state index contributed by atoms with van der Waals surface area (Å²) in [4.78, 5) is 13.8. The highest BCUT2D eigenvalue weighted by molar-refractivity contribution is 5.86. The number of nitrogens with zero attached hydrogens (tertiary/aromatic N) is 3. The van der Waals surface area contributed by atoms with Crippen LogP contribution in [0.4, 0.5) is 0 Å². The Kier molecular flexibility index (Phi) is 1.66. The van der Waals surface area contributed by atoms with Gasteiger partial charge >= 0.3 is 0 Å². The Bertz CT molecular complexity index is 209. The van der Waals surface area contributed by atoms with Crippen LogP contribution in [0.25, 0.3) is 0 Å². The van der Waals surface area contributed by atoms with Crippen LogP contribution < -0.4 is 0 Å². The van der Waals surface area contributed by atoms with Crippen LogP contribution in [0.5, 0.6) is 0 Å². The van der Waals surface area contributed by atoms with Crippen molar-refractivity contribution in [2.45, 2.75) is 0 Å². The zero-order valence-electron chi connectivity index (χ0n) is 5.23. The van der Waals surface area contributed by atoms with Crippen LogP contribution in [-0.4, -0.2) is 22.4 Å². The predicted octanol–water partition coefficient (Wildman–Crippen LogP) is 0.240. The van der Waals surface area contributed by atoms with Gasteiger partial charge in [0.05, 0.1) is 0 Å². The number of hydrogen-bond donors (Lipinski definition) is 0. The average Bonchev–Trinajstić information content (AvgIpc) is 1.88. The fourth-order valence-corrected chi connectivity index (χ4v) is 0.619. The normalized spacial score (nSPS) is 16.9. The summed E-state index contributed by atoms with van der Waals surface area (Å²) in [5.41, 5.74) is 0. The Hall–Kier alpha value is -1.39. The van der Waals surface area contributed by atoms with Crippen LogP contribution in [0.1, 0.15) is 0 Å². The van der Waals surface area contributed by atoms with E-state index in [1.165, 1.54) is 6.20 Å². The van der Waals surface area contributed by atoms with E-state index in [4.69, 9.17) is 0 Å². The molecule has 0 atom stereocenters. The van der Waals surface area contributed by atoms with Crippen LogP contribution in [0.3, 0.4) is 0 Å². The van der Waals surface area contributed by atoms with Gasteiger partial charge in [-0.15, -0.1) is 0 Å². The molecule has 1 aliphatic heterocycles. The number of nitro groups is 1. The highest BCUT2D eigenvalue weighted by Gasteiger charge is 2.17. The predicted molar refractivity (Wildman–Crippen MR) is 35.6 cm³/mol. The third-order valence-electron chi connectivity index (χ3n) is 1.10. The number of amidine groups is 1. The Labute approximate surface area is 57.8 Å². The maximum atomic E-state index is 10.1. The van der Waals surface area contributed by atoms with E-state index >= 15 is 0 Å². The molecule has 1 rings (SSSR count). The summed E-state index contributed by atoms with van der Waals surface area (Å²) in [7, 11) is 0. The van der Waals surface area contributed by atoms with Gasteiger partial charge in [-0.25, -0.2) is 15.1 Å². The van der Waals surface area contributed by atoms with Gasteiger partial charge in [-0.3, -0.25) is 0 Å². The second kappa shape index (κ2) is 2.47. The summed E-state index contributed by atoms with van der Waals surface area (Å²) in [6.45, 7) is 3.63. The molecule has 0 saturated heterocycles. The SMILES string of the molecule is [CH2]C1=NC=CCN1[N+](=O)[O-]. The molecule has 0 spiro atoms. The molecular weight excluding hydrogens is 134 g/mol.